The van der Waals surface area contributed by atoms with Crippen molar-refractivity contribution >= 4 is 23.7 Å². The van der Waals surface area contributed by atoms with Crippen molar-refractivity contribution in [3.8, 4) is 0 Å². The lowest BCUT2D eigenvalue weighted by Crippen LogP contribution is -2.39. The molecule has 5 nitrogen and oxygen atoms in total. The van der Waals surface area contributed by atoms with E-state index in [1.165, 1.54) is 6.21 Å². The number of rotatable bonds is 2. The molecule has 1 N–H and O–H groups in total. The standard InChI is InChI=1S/C15H22N2O3/c1-15(2)7-12(18)10(13(19)8-15)9-17-11-5-3-4-6-16-14(11)20/h9-11H,3-8H2,1-2H3,(H,16,20)/t11-/m0/s1. The zero-order valence-corrected chi connectivity index (χ0v) is 12.1. The number of Topliss-reactive ketones (excluding diaryl/α,β-unsaturated/α-hetero) is 2. The van der Waals surface area contributed by atoms with E-state index in [2.05, 4.69) is 10.3 Å². The van der Waals surface area contributed by atoms with Gasteiger partial charge >= 0.3 is 0 Å². The summed E-state index contributed by atoms with van der Waals surface area (Å²) in [5.41, 5.74) is -0.252. The van der Waals surface area contributed by atoms with Crippen LogP contribution in [0.3, 0.4) is 0 Å². The Kier molecular flexibility index (Phi) is 4.35. The van der Waals surface area contributed by atoms with Crippen molar-refractivity contribution < 1.29 is 14.4 Å². The summed E-state index contributed by atoms with van der Waals surface area (Å²) < 4.78 is 0. The summed E-state index contributed by atoms with van der Waals surface area (Å²) in [5.74, 6) is -1.01. The van der Waals surface area contributed by atoms with Gasteiger partial charge in [-0.15, -0.1) is 0 Å². The fourth-order valence-corrected chi connectivity index (χ4v) is 2.83. The smallest absolute Gasteiger partial charge is 0.244 e. The van der Waals surface area contributed by atoms with Crippen LogP contribution in [0.1, 0.15) is 46.0 Å². The second-order valence-corrected chi connectivity index (χ2v) is 6.53. The molecule has 0 unspecified atom stereocenters. The zero-order valence-electron chi connectivity index (χ0n) is 12.1. The van der Waals surface area contributed by atoms with Gasteiger partial charge in [0, 0.05) is 25.6 Å². The van der Waals surface area contributed by atoms with Crippen molar-refractivity contribution in [2.24, 2.45) is 16.3 Å². The highest BCUT2D eigenvalue weighted by Gasteiger charge is 2.38. The molecule has 2 fully saturated rings. The summed E-state index contributed by atoms with van der Waals surface area (Å²) in [5, 5.41) is 2.80. The zero-order chi connectivity index (χ0) is 14.8. The Morgan fingerprint density at radius 2 is 1.80 bits per heavy atom. The number of aliphatic imine (C=N–C) groups is 1. The Bertz CT molecular complexity index is 434. The molecule has 0 aromatic carbocycles. The van der Waals surface area contributed by atoms with Gasteiger partial charge in [-0.2, -0.15) is 0 Å². The molecule has 0 bridgehead atoms. The number of amides is 1. The molecule has 1 amide bonds. The maximum atomic E-state index is 12.0. The monoisotopic (exact) mass is 278 g/mol. The molecule has 1 saturated heterocycles. The van der Waals surface area contributed by atoms with E-state index in [0.717, 1.165) is 12.8 Å². The molecule has 1 heterocycles. The molecule has 1 aliphatic heterocycles. The minimum atomic E-state index is -0.751. The van der Waals surface area contributed by atoms with Crippen LogP contribution >= 0.6 is 0 Å². The van der Waals surface area contributed by atoms with E-state index in [-0.39, 0.29) is 22.9 Å². The molecule has 5 heteroatoms. The summed E-state index contributed by atoms with van der Waals surface area (Å²) in [7, 11) is 0. The van der Waals surface area contributed by atoms with Crippen LogP contribution in [0.5, 0.6) is 0 Å². The van der Waals surface area contributed by atoms with E-state index in [0.29, 0.717) is 25.8 Å². The molecule has 0 aromatic rings. The first-order valence-corrected chi connectivity index (χ1v) is 7.25. The molecule has 2 aliphatic rings. The predicted molar refractivity (Wildman–Crippen MR) is 75.7 cm³/mol. The molecule has 0 spiro atoms. The fourth-order valence-electron chi connectivity index (χ4n) is 2.83. The van der Waals surface area contributed by atoms with Crippen molar-refractivity contribution in [1.29, 1.82) is 0 Å². The van der Waals surface area contributed by atoms with Crippen molar-refractivity contribution in [2.75, 3.05) is 6.54 Å². The normalized spacial score (nSPS) is 28.5. The Labute approximate surface area is 119 Å². The SMILES string of the molecule is CC1(C)CC(=O)C(C=N[C@H]2CCCCNC2=O)C(=O)C1. The van der Waals surface area contributed by atoms with E-state index in [4.69, 9.17) is 0 Å². The van der Waals surface area contributed by atoms with E-state index >= 15 is 0 Å². The van der Waals surface area contributed by atoms with Gasteiger partial charge < -0.3 is 5.32 Å². The van der Waals surface area contributed by atoms with Crippen LogP contribution < -0.4 is 5.32 Å². The molecule has 110 valence electrons. The maximum absolute atomic E-state index is 12.0. The molecular weight excluding hydrogens is 256 g/mol. The number of nitrogens with one attached hydrogen (secondary N) is 1. The van der Waals surface area contributed by atoms with E-state index in [1.54, 1.807) is 0 Å². The van der Waals surface area contributed by atoms with Crippen molar-refractivity contribution in [1.82, 2.24) is 5.32 Å². The van der Waals surface area contributed by atoms with Gasteiger partial charge in [-0.05, 0) is 24.7 Å². The van der Waals surface area contributed by atoms with Gasteiger partial charge in [0.15, 0.2) is 0 Å². The van der Waals surface area contributed by atoms with Gasteiger partial charge in [-0.1, -0.05) is 13.8 Å². The fraction of sp³-hybridized carbons (Fsp3) is 0.733. The summed E-state index contributed by atoms with van der Waals surface area (Å²) in [6.45, 7) is 4.53. The van der Waals surface area contributed by atoms with Gasteiger partial charge in [0.2, 0.25) is 5.91 Å². The quantitative estimate of drug-likeness (QED) is 0.611. The first-order valence-electron chi connectivity index (χ1n) is 7.25. The second kappa shape index (κ2) is 5.85. The highest BCUT2D eigenvalue weighted by Crippen LogP contribution is 2.33. The Morgan fingerprint density at radius 3 is 2.45 bits per heavy atom. The lowest BCUT2D eigenvalue weighted by Gasteiger charge is -2.30. The van der Waals surface area contributed by atoms with E-state index in [9.17, 15) is 14.4 Å². The van der Waals surface area contributed by atoms with Crippen LogP contribution in [-0.2, 0) is 14.4 Å². The average Bonchev–Trinajstić information content (AvgIpc) is 2.52. The summed E-state index contributed by atoms with van der Waals surface area (Å²) >= 11 is 0. The molecule has 0 aromatic heterocycles. The molecule has 1 atom stereocenters. The van der Waals surface area contributed by atoms with E-state index in [1.807, 2.05) is 13.8 Å². The van der Waals surface area contributed by atoms with Gasteiger partial charge in [0.25, 0.3) is 0 Å². The van der Waals surface area contributed by atoms with Crippen LogP contribution in [0.25, 0.3) is 0 Å². The highest BCUT2D eigenvalue weighted by atomic mass is 16.2. The first kappa shape index (κ1) is 14.9. The summed E-state index contributed by atoms with van der Waals surface area (Å²) in [4.78, 5) is 40.0. The Balaban J connectivity index is 2.05. The molecule has 0 radical (unpaired) electrons. The minimum absolute atomic E-state index is 0.0796. The first-order chi connectivity index (χ1) is 9.39. The number of ketones is 2. The van der Waals surface area contributed by atoms with Gasteiger partial charge in [0.1, 0.15) is 23.5 Å². The van der Waals surface area contributed by atoms with Gasteiger partial charge in [0.05, 0.1) is 0 Å². The number of carbonyl (C=O) groups excluding carboxylic acids is 3. The van der Waals surface area contributed by atoms with Crippen LogP contribution in [-0.4, -0.2) is 36.3 Å². The van der Waals surface area contributed by atoms with Crippen molar-refractivity contribution in [3.05, 3.63) is 0 Å². The van der Waals surface area contributed by atoms with Gasteiger partial charge in [-0.3, -0.25) is 19.4 Å². The molecule has 1 aliphatic carbocycles. The third-order valence-electron chi connectivity index (χ3n) is 3.92. The Hall–Kier alpha value is -1.52. The molecule has 2 rings (SSSR count). The third-order valence-corrected chi connectivity index (χ3v) is 3.92. The van der Waals surface area contributed by atoms with Gasteiger partial charge in [-0.25, -0.2) is 0 Å². The molecule has 1 saturated carbocycles. The minimum Gasteiger partial charge on any atom is -0.354 e. The van der Waals surface area contributed by atoms with Crippen LogP contribution in [0.15, 0.2) is 4.99 Å². The average molecular weight is 278 g/mol. The third kappa shape index (κ3) is 3.52. The lowest BCUT2D eigenvalue weighted by molar-refractivity contribution is -0.136. The number of hydrogen-bond donors (Lipinski definition) is 1. The van der Waals surface area contributed by atoms with Crippen molar-refractivity contribution in [2.45, 2.75) is 52.0 Å². The summed E-state index contributed by atoms with van der Waals surface area (Å²) in [6.07, 6.45) is 4.77. The number of hydrogen-bond acceptors (Lipinski definition) is 4. The predicted octanol–water partition coefficient (Wildman–Crippen LogP) is 1.30. The largest absolute Gasteiger partial charge is 0.354 e. The van der Waals surface area contributed by atoms with E-state index < -0.39 is 12.0 Å². The van der Waals surface area contributed by atoms with Crippen molar-refractivity contribution in [3.63, 3.8) is 0 Å². The maximum Gasteiger partial charge on any atom is 0.244 e. The molecular formula is C15H22N2O3. The van der Waals surface area contributed by atoms with Crippen LogP contribution in [0.4, 0.5) is 0 Å². The second-order valence-electron chi connectivity index (χ2n) is 6.53. The summed E-state index contributed by atoms with van der Waals surface area (Å²) in [6, 6.07) is -0.451. The number of nitrogens with zero attached hydrogens (tertiary/aromatic N) is 1. The van der Waals surface area contributed by atoms with Crippen LogP contribution in [0.2, 0.25) is 0 Å². The number of carbonyl (C=O) groups is 3. The topological polar surface area (TPSA) is 75.6 Å². The Morgan fingerprint density at radius 1 is 1.15 bits per heavy atom. The van der Waals surface area contributed by atoms with Crippen LogP contribution in [0, 0.1) is 11.3 Å². The highest BCUT2D eigenvalue weighted by molar-refractivity contribution is 6.16. The lowest BCUT2D eigenvalue weighted by atomic mass is 9.72. The molecule has 20 heavy (non-hydrogen) atoms.